The Hall–Kier alpha value is -3.27. The molecule has 0 bridgehead atoms. The summed E-state index contributed by atoms with van der Waals surface area (Å²) in [6, 6.07) is 18.8. The number of rotatable bonds is 2. The minimum Gasteiger partial charge on any atom is -0.268 e. The molecule has 0 spiro atoms. The van der Waals surface area contributed by atoms with Gasteiger partial charge >= 0.3 is 0 Å². The molecule has 0 aromatic heterocycles. The molecule has 4 rings (SSSR count). The second-order valence-electron chi connectivity index (χ2n) is 6.01. The molecule has 3 nitrogen and oxygen atoms in total. The van der Waals surface area contributed by atoms with Crippen molar-refractivity contribution in [1.82, 2.24) is 0 Å². The minimum absolute atomic E-state index is 0.288. The SMILES string of the molecule is Cc1ccc(-c2cccc(N3C(=O)c4ccccc4C3=O)c2)cc1F. The van der Waals surface area contributed by atoms with E-state index < -0.39 is 0 Å². The van der Waals surface area contributed by atoms with Crippen LogP contribution in [0.1, 0.15) is 26.3 Å². The summed E-state index contributed by atoms with van der Waals surface area (Å²) in [5.74, 6) is -0.968. The van der Waals surface area contributed by atoms with Crippen LogP contribution in [0.15, 0.2) is 66.7 Å². The number of benzene rings is 3. The highest BCUT2D eigenvalue weighted by Gasteiger charge is 2.36. The molecule has 0 fully saturated rings. The molecule has 0 radical (unpaired) electrons. The molecule has 0 N–H and O–H groups in total. The van der Waals surface area contributed by atoms with Crippen LogP contribution in [0.2, 0.25) is 0 Å². The van der Waals surface area contributed by atoms with E-state index in [4.69, 9.17) is 0 Å². The molecule has 0 saturated heterocycles. The smallest absolute Gasteiger partial charge is 0.266 e. The summed E-state index contributed by atoms with van der Waals surface area (Å²) in [7, 11) is 0. The molecule has 1 aliphatic rings. The molecule has 0 saturated carbocycles. The van der Waals surface area contributed by atoms with Crippen LogP contribution in [-0.2, 0) is 0 Å². The van der Waals surface area contributed by atoms with Gasteiger partial charge in [-0.05, 0) is 53.9 Å². The summed E-state index contributed by atoms with van der Waals surface area (Å²) in [6.45, 7) is 1.70. The maximum atomic E-state index is 13.9. The van der Waals surface area contributed by atoms with E-state index in [2.05, 4.69) is 0 Å². The third-order valence-corrected chi connectivity index (χ3v) is 4.40. The Morgan fingerprint density at radius 1 is 0.760 bits per heavy atom. The summed E-state index contributed by atoms with van der Waals surface area (Å²) >= 11 is 0. The van der Waals surface area contributed by atoms with Gasteiger partial charge in [-0.25, -0.2) is 9.29 Å². The van der Waals surface area contributed by atoms with Gasteiger partial charge < -0.3 is 0 Å². The lowest BCUT2D eigenvalue weighted by Crippen LogP contribution is -2.29. The Labute approximate surface area is 144 Å². The summed E-state index contributed by atoms with van der Waals surface area (Å²) in [5, 5.41) is 0. The largest absolute Gasteiger partial charge is 0.268 e. The van der Waals surface area contributed by atoms with Crippen LogP contribution >= 0.6 is 0 Å². The van der Waals surface area contributed by atoms with Gasteiger partial charge in [0.15, 0.2) is 0 Å². The summed E-state index contributed by atoms with van der Waals surface area (Å²) < 4.78 is 13.9. The van der Waals surface area contributed by atoms with Crippen molar-refractivity contribution in [2.75, 3.05) is 4.90 Å². The maximum absolute atomic E-state index is 13.9. The van der Waals surface area contributed by atoms with Gasteiger partial charge in [0.25, 0.3) is 11.8 Å². The van der Waals surface area contributed by atoms with Crippen LogP contribution in [0, 0.1) is 12.7 Å². The molecule has 0 unspecified atom stereocenters. The maximum Gasteiger partial charge on any atom is 0.266 e. The molecule has 3 aromatic carbocycles. The predicted octanol–water partition coefficient (Wildman–Crippen LogP) is 4.60. The van der Waals surface area contributed by atoms with Crippen LogP contribution in [0.4, 0.5) is 10.1 Å². The molecule has 4 heteroatoms. The average molecular weight is 331 g/mol. The lowest BCUT2D eigenvalue weighted by Gasteiger charge is -2.15. The van der Waals surface area contributed by atoms with Crippen LogP contribution in [0.25, 0.3) is 11.1 Å². The molecular formula is C21H14FNO2. The first-order valence-electron chi connectivity index (χ1n) is 7.90. The highest BCUT2D eigenvalue weighted by atomic mass is 19.1. The predicted molar refractivity (Wildman–Crippen MR) is 94.2 cm³/mol. The average Bonchev–Trinajstić information content (AvgIpc) is 2.89. The van der Waals surface area contributed by atoms with Gasteiger partial charge in [0.2, 0.25) is 0 Å². The Morgan fingerprint density at radius 3 is 2.04 bits per heavy atom. The number of amides is 2. The molecule has 3 aromatic rings. The van der Waals surface area contributed by atoms with E-state index in [1.807, 2.05) is 12.1 Å². The lowest BCUT2D eigenvalue weighted by atomic mass is 10.0. The highest BCUT2D eigenvalue weighted by molar-refractivity contribution is 6.34. The second-order valence-corrected chi connectivity index (χ2v) is 6.01. The van der Waals surface area contributed by atoms with Gasteiger partial charge in [0.05, 0.1) is 16.8 Å². The molecule has 25 heavy (non-hydrogen) atoms. The number of hydrogen-bond donors (Lipinski definition) is 0. The fraction of sp³-hybridized carbons (Fsp3) is 0.0476. The fourth-order valence-corrected chi connectivity index (χ4v) is 3.02. The number of imide groups is 1. The number of halogens is 1. The number of aryl methyl sites for hydroxylation is 1. The van der Waals surface area contributed by atoms with Crippen molar-refractivity contribution in [2.45, 2.75) is 6.92 Å². The zero-order chi connectivity index (χ0) is 17.6. The quantitative estimate of drug-likeness (QED) is 0.644. The van der Waals surface area contributed by atoms with Crippen molar-refractivity contribution >= 4 is 17.5 Å². The Balaban J connectivity index is 1.77. The molecule has 122 valence electrons. The van der Waals surface area contributed by atoms with Gasteiger partial charge in [-0.2, -0.15) is 0 Å². The van der Waals surface area contributed by atoms with Gasteiger partial charge in [0, 0.05) is 0 Å². The van der Waals surface area contributed by atoms with E-state index in [0.29, 0.717) is 27.9 Å². The van der Waals surface area contributed by atoms with Crippen molar-refractivity contribution in [3.8, 4) is 11.1 Å². The fourth-order valence-electron chi connectivity index (χ4n) is 3.02. The van der Waals surface area contributed by atoms with Gasteiger partial charge in [0.1, 0.15) is 5.82 Å². The highest BCUT2D eigenvalue weighted by Crippen LogP contribution is 2.31. The molecule has 2 amide bonds. The first kappa shape index (κ1) is 15.3. The summed E-state index contributed by atoms with van der Waals surface area (Å²) in [6.07, 6.45) is 0. The number of fused-ring (bicyclic) bond motifs is 1. The molecule has 1 aliphatic heterocycles. The van der Waals surface area contributed by atoms with Crippen molar-refractivity contribution in [3.05, 3.63) is 89.2 Å². The zero-order valence-electron chi connectivity index (χ0n) is 13.5. The van der Waals surface area contributed by atoms with E-state index >= 15 is 0 Å². The second kappa shape index (κ2) is 5.67. The van der Waals surface area contributed by atoms with Crippen LogP contribution in [0.3, 0.4) is 0 Å². The number of carbonyl (C=O) groups excluding carboxylic acids is 2. The first-order valence-corrected chi connectivity index (χ1v) is 7.90. The Morgan fingerprint density at radius 2 is 1.40 bits per heavy atom. The normalized spacial score (nSPS) is 13.3. The van der Waals surface area contributed by atoms with Crippen molar-refractivity contribution < 1.29 is 14.0 Å². The standard InChI is InChI=1S/C21H14FNO2/c1-13-9-10-15(12-19(13)22)14-5-4-6-16(11-14)23-20(24)17-7-2-3-8-18(17)21(23)25/h2-12H,1H3. The molecule has 0 atom stereocenters. The minimum atomic E-state index is -0.340. The lowest BCUT2D eigenvalue weighted by molar-refractivity contribution is 0.0926. The van der Waals surface area contributed by atoms with Crippen molar-refractivity contribution in [2.24, 2.45) is 0 Å². The van der Waals surface area contributed by atoms with E-state index in [0.717, 1.165) is 5.56 Å². The van der Waals surface area contributed by atoms with Gasteiger partial charge in [-0.15, -0.1) is 0 Å². The van der Waals surface area contributed by atoms with Gasteiger partial charge in [-0.3, -0.25) is 9.59 Å². The number of carbonyl (C=O) groups is 2. The number of nitrogens with zero attached hydrogens (tertiary/aromatic N) is 1. The first-order chi connectivity index (χ1) is 12.1. The van der Waals surface area contributed by atoms with E-state index in [9.17, 15) is 14.0 Å². The Bertz CT molecular complexity index is 991. The monoisotopic (exact) mass is 331 g/mol. The number of hydrogen-bond acceptors (Lipinski definition) is 2. The van der Waals surface area contributed by atoms with E-state index in [1.165, 1.54) is 11.0 Å². The van der Waals surface area contributed by atoms with Crippen LogP contribution < -0.4 is 4.90 Å². The third-order valence-electron chi connectivity index (χ3n) is 4.40. The van der Waals surface area contributed by atoms with Crippen LogP contribution in [-0.4, -0.2) is 11.8 Å². The Kier molecular flexibility index (Phi) is 3.46. The third kappa shape index (κ3) is 2.43. The van der Waals surface area contributed by atoms with E-state index in [-0.39, 0.29) is 17.6 Å². The molecule has 0 aliphatic carbocycles. The zero-order valence-corrected chi connectivity index (χ0v) is 13.5. The van der Waals surface area contributed by atoms with E-state index in [1.54, 1.807) is 55.5 Å². The molecule has 1 heterocycles. The van der Waals surface area contributed by atoms with Crippen LogP contribution in [0.5, 0.6) is 0 Å². The van der Waals surface area contributed by atoms with Crippen molar-refractivity contribution in [1.29, 1.82) is 0 Å². The summed E-state index contributed by atoms with van der Waals surface area (Å²) in [5.41, 5.74) is 3.29. The van der Waals surface area contributed by atoms with Gasteiger partial charge in [-0.1, -0.05) is 36.4 Å². The topological polar surface area (TPSA) is 37.4 Å². The molecular weight excluding hydrogens is 317 g/mol. The van der Waals surface area contributed by atoms with Crippen molar-refractivity contribution in [3.63, 3.8) is 0 Å². The number of anilines is 1. The summed E-state index contributed by atoms with van der Waals surface area (Å²) in [4.78, 5) is 26.4.